The van der Waals surface area contributed by atoms with Gasteiger partial charge < -0.3 is 9.47 Å². The summed E-state index contributed by atoms with van der Waals surface area (Å²) in [5.41, 5.74) is -0.0635. The first-order valence-corrected chi connectivity index (χ1v) is 4.59. The van der Waals surface area contributed by atoms with Crippen molar-refractivity contribution in [3.05, 3.63) is 28.6 Å². The fourth-order valence-corrected chi connectivity index (χ4v) is 1.37. The van der Waals surface area contributed by atoms with Crippen molar-refractivity contribution in [3.63, 3.8) is 0 Å². The summed E-state index contributed by atoms with van der Waals surface area (Å²) in [6, 6.07) is 1.37. The van der Waals surface area contributed by atoms with Gasteiger partial charge in [-0.05, 0) is 0 Å². The molecule has 6 nitrogen and oxygen atoms in total. The van der Waals surface area contributed by atoms with Crippen LogP contribution in [0.25, 0.3) is 0 Å². The van der Waals surface area contributed by atoms with Crippen molar-refractivity contribution >= 4 is 5.69 Å². The smallest absolute Gasteiger partial charge is 0.291 e. The van der Waals surface area contributed by atoms with E-state index in [1.54, 1.807) is 0 Å². The number of rotatable bonds is 3. The van der Waals surface area contributed by atoms with Crippen LogP contribution in [0.4, 0.5) is 5.69 Å². The molecule has 2 heterocycles. The number of hydrogen-bond donors (Lipinski definition) is 0. The molecule has 1 atom stereocenters. The third-order valence-corrected chi connectivity index (χ3v) is 2.10. The topological polar surface area (TPSA) is 74.5 Å². The minimum absolute atomic E-state index is 0.0196. The fourth-order valence-electron chi connectivity index (χ4n) is 1.37. The molecule has 0 bridgehead atoms. The summed E-state index contributed by atoms with van der Waals surface area (Å²) in [5.74, 6) is 0.416. The van der Waals surface area contributed by atoms with Crippen LogP contribution in [0.5, 0.6) is 5.75 Å². The van der Waals surface area contributed by atoms with Gasteiger partial charge in [-0.25, -0.2) is 0 Å². The van der Waals surface area contributed by atoms with E-state index in [1.807, 2.05) is 0 Å². The van der Waals surface area contributed by atoms with Gasteiger partial charge in [-0.1, -0.05) is 0 Å². The van der Waals surface area contributed by atoms with Crippen molar-refractivity contribution in [2.45, 2.75) is 12.5 Å². The zero-order valence-electron chi connectivity index (χ0n) is 7.96. The first-order valence-electron chi connectivity index (χ1n) is 4.59. The molecule has 0 aromatic carbocycles. The lowest BCUT2D eigenvalue weighted by Gasteiger charge is -2.10. The van der Waals surface area contributed by atoms with Crippen LogP contribution in [-0.2, 0) is 4.74 Å². The van der Waals surface area contributed by atoms with E-state index < -0.39 is 4.92 Å². The van der Waals surface area contributed by atoms with Crippen LogP contribution in [-0.4, -0.2) is 29.2 Å². The molecule has 0 amide bonds. The van der Waals surface area contributed by atoms with E-state index in [1.165, 1.54) is 18.5 Å². The maximum absolute atomic E-state index is 10.5. The van der Waals surface area contributed by atoms with Crippen molar-refractivity contribution in [2.75, 3.05) is 13.2 Å². The Morgan fingerprint density at radius 2 is 2.47 bits per heavy atom. The zero-order valence-corrected chi connectivity index (χ0v) is 7.96. The van der Waals surface area contributed by atoms with E-state index >= 15 is 0 Å². The molecule has 0 aliphatic carbocycles. The Morgan fingerprint density at radius 1 is 1.60 bits per heavy atom. The van der Waals surface area contributed by atoms with Gasteiger partial charge in [0.15, 0.2) is 0 Å². The second-order valence-electron chi connectivity index (χ2n) is 3.24. The third-order valence-electron chi connectivity index (χ3n) is 2.10. The molecule has 2 rings (SSSR count). The molecular formula is C9H10N2O4. The summed E-state index contributed by atoms with van der Waals surface area (Å²) in [5, 5.41) is 10.5. The maximum atomic E-state index is 10.5. The number of aromatic nitrogens is 1. The Bertz CT molecular complexity index is 363. The summed E-state index contributed by atoms with van der Waals surface area (Å²) >= 11 is 0. The van der Waals surface area contributed by atoms with E-state index in [4.69, 9.17) is 9.47 Å². The highest BCUT2D eigenvalue weighted by Gasteiger charge is 2.18. The predicted molar refractivity (Wildman–Crippen MR) is 50.7 cm³/mol. The summed E-state index contributed by atoms with van der Waals surface area (Å²) in [4.78, 5) is 13.7. The molecular weight excluding hydrogens is 200 g/mol. The van der Waals surface area contributed by atoms with Crippen LogP contribution in [0.1, 0.15) is 6.42 Å². The fraction of sp³-hybridized carbons (Fsp3) is 0.444. The third kappa shape index (κ3) is 2.41. The molecule has 1 unspecified atom stereocenters. The highest BCUT2D eigenvalue weighted by molar-refractivity contribution is 5.33. The normalized spacial score (nSPS) is 20.1. The van der Waals surface area contributed by atoms with Crippen molar-refractivity contribution in [2.24, 2.45) is 0 Å². The van der Waals surface area contributed by atoms with Crippen molar-refractivity contribution in [3.8, 4) is 5.75 Å². The van der Waals surface area contributed by atoms with Crippen LogP contribution in [0.2, 0.25) is 0 Å². The van der Waals surface area contributed by atoms with Crippen molar-refractivity contribution in [1.29, 1.82) is 0 Å². The predicted octanol–water partition coefficient (Wildman–Crippen LogP) is 1.16. The highest BCUT2D eigenvalue weighted by atomic mass is 16.6. The standard InChI is InChI=1S/C9H10N2O4/c12-11(13)7-3-9(5-10-4-7)15-8-1-2-14-6-8/h3-5,8H,1-2,6H2. The number of nitrogens with zero attached hydrogens (tertiary/aromatic N) is 2. The maximum Gasteiger partial charge on any atom is 0.291 e. The molecule has 1 aromatic rings. The first kappa shape index (κ1) is 9.85. The van der Waals surface area contributed by atoms with Crippen LogP contribution in [0.3, 0.4) is 0 Å². The minimum Gasteiger partial charge on any atom is -0.486 e. The van der Waals surface area contributed by atoms with Crippen LogP contribution in [0, 0.1) is 10.1 Å². The molecule has 1 aliphatic heterocycles. The quantitative estimate of drug-likeness (QED) is 0.552. The summed E-state index contributed by atoms with van der Waals surface area (Å²) in [6.07, 6.45) is 3.44. The number of nitro groups is 1. The van der Waals surface area contributed by atoms with E-state index in [-0.39, 0.29) is 11.8 Å². The van der Waals surface area contributed by atoms with Crippen molar-refractivity contribution in [1.82, 2.24) is 4.98 Å². The molecule has 0 radical (unpaired) electrons. The molecule has 80 valence electrons. The van der Waals surface area contributed by atoms with Gasteiger partial charge in [-0.2, -0.15) is 0 Å². The van der Waals surface area contributed by atoms with Gasteiger partial charge in [0.2, 0.25) is 0 Å². The molecule has 1 fully saturated rings. The molecule has 0 N–H and O–H groups in total. The molecule has 0 saturated carbocycles. The van der Waals surface area contributed by atoms with Gasteiger partial charge in [0, 0.05) is 6.42 Å². The Hall–Kier alpha value is -1.69. The van der Waals surface area contributed by atoms with E-state index in [0.717, 1.165) is 6.42 Å². The molecule has 1 saturated heterocycles. The van der Waals surface area contributed by atoms with Crippen molar-refractivity contribution < 1.29 is 14.4 Å². The largest absolute Gasteiger partial charge is 0.486 e. The first-order chi connectivity index (χ1) is 7.25. The Balaban J connectivity index is 2.07. The molecule has 15 heavy (non-hydrogen) atoms. The lowest BCUT2D eigenvalue weighted by molar-refractivity contribution is -0.385. The molecule has 1 aliphatic rings. The van der Waals surface area contributed by atoms with Gasteiger partial charge in [-0.15, -0.1) is 0 Å². The number of pyridine rings is 1. The van der Waals surface area contributed by atoms with Gasteiger partial charge in [0.1, 0.15) is 18.1 Å². The Kier molecular flexibility index (Phi) is 2.77. The summed E-state index contributed by atoms with van der Waals surface area (Å²) < 4.78 is 10.6. The van der Waals surface area contributed by atoms with E-state index in [0.29, 0.717) is 19.0 Å². The van der Waals surface area contributed by atoms with Crippen LogP contribution in [0.15, 0.2) is 18.5 Å². The van der Waals surface area contributed by atoms with Gasteiger partial charge in [-0.3, -0.25) is 15.1 Å². The molecule has 0 spiro atoms. The van der Waals surface area contributed by atoms with Crippen LogP contribution >= 0.6 is 0 Å². The monoisotopic (exact) mass is 210 g/mol. The lowest BCUT2D eigenvalue weighted by Crippen LogP contribution is -2.15. The second kappa shape index (κ2) is 4.22. The van der Waals surface area contributed by atoms with Crippen LogP contribution < -0.4 is 4.74 Å². The van der Waals surface area contributed by atoms with Gasteiger partial charge in [0.05, 0.1) is 30.4 Å². The second-order valence-corrected chi connectivity index (χ2v) is 3.24. The number of hydrogen-bond acceptors (Lipinski definition) is 5. The highest BCUT2D eigenvalue weighted by Crippen LogP contribution is 2.20. The van der Waals surface area contributed by atoms with Gasteiger partial charge in [0.25, 0.3) is 5.69 Å². The molecule has 6 heteroatoms. The van der Waals surface area contributed by atoms with E-state index in [2.05, 4.69) is 4.98 Å². The summed E-state index contributed by atoms with van der Waals surface area (Å²) in [6.45, 7) is 1.20. The summed E-state index contributed by atoms with van der Waals surface area (Å²) in [7, 11) is 0. The van der Waals surface area contributed by atoms with E-state index in [9.17, 15) is 10.1 Å². The number of ether oxygens (including phenoxy) is 2. The SMILES string of the molecule is O=[N+]([O-])c1cncc(OC2CCOC2)c1. The Labute approximate surface area is 86.0 Å². The average Bonchev–Trinajstić information content (AvgIpc) is 2.71. The Morgan fingerprint density at radius 3 is 3.13 bits per heavy atom. The van der Waals surface area contributed by atoms with Gasteiger partial charge >= 0.3 is 0 Å². The lowest BCUT2D eigenvalue weighted by atomic mass is 10.3. The molecule has 1 aromatic heterocycles. The minimum atomic E-state index is -0.495. The average molecular weight is 210 g/mol. The zero-order chi connectivity index (χ0) is 10.7.